The summed E-state index contributed by atoms with van der Waals surface area (Å²) in [5.74, 6) is 1.25. The van der Waals surface area contributed by atoms with Crippen LogP contribution in [0.3, 0.4) is 0 Å². The summed E-state index contributed by atoms with van der Waals surface area (Å²) in [5.41, 5.74) is 4.66. The van der Waals surface area contributed by atoms with Gasteiger partial charge in [-0.1, -0.05) is 82.7 Å². The minimum absolute atomic E-state index is 0.00687. The van der Waals surface area contributed by atoms with Gasteiger partial charge in [0.2, 0.25) is 0 Å². The Morgan fingerprint density at radius 2 is 1.11 bits per heavy atom. The van der Waals surface area contributed by atoms with Gasteiger partial charge in [-0.2, -0.15) is 5.26 Å². The van der Waals surface area contributed by atoms with E-state index in [1.807, 2.05) is 75.4 Å². The van der Waals surface area contributed by atoms with E-state index in [0.717, 1.165) is 75.1 Å². The molecule has 332 valence electrons. The molecule has 5 aromatic rings. The maximum atomic E-state index is 13.2. The summed E-state index contributed by atoms with van der Waals surface area (Å²) in [6.07, 6.45) is 15.1. The van der Waals surface area contributed by atoms with Crippen LogP contribution in [0.2, 0.25) is 0 Å². The zero-order valence-electron chi connectivity index (χ0n) is 37.6. The van der Waals surface area contributed by atoms with E-state index < -0.39 is 14.7 Å². The third kappa shape index (κ3) is 14.8. The maximum Gasteiger partial charge on any atom is 0.537 e. The first-order valence-corrected chi connectivity index (χ1v) is 25.0. The van der Waals surface area contributed by atoms with E-state index in [9.17, 15) is 10.1 Å². The number of unbranched alkanes of at least 4 members (excludes halogenated alkanes) is 6. The molecule has 0 unspecified atom stereocenters. The van der Waals surface area contributed by atoms with Crippen LogP contribution in [0.25, 0.3) is 18.2 Å². The van der Waals surface area contributed by atoms with Crippen LogP contribution >= 0.6 is 11.3 Å². The Balaban J connectivity index is 1.26. The Kier molecular flexibility index (Phi) is 20.2. The first-order valence-electron chi connectivity index (χ1n) is 22.4. The first-order chi connectivity index (χ1) is 30.8. The standard InChI is InChI=1S/C52H63N3O6SSi/c1-6-11-13-15-37-57-47-28-24-45(25-29-47)55(46-26-30-48(31-27-46)58-38-16-14-12-7-2)44-22-17-41(18-23-44)19-32-49-33-34-50(62-49)39-42(40-53)52(56)54-43-20-35-51(36-21-43)63(59-8-3,60-9-4)61-10-5/h17-36,39H,6-16,37-38H2,1-5H3,(H,54,56)/b32-19+,42-39+. The molecule has 5 rings (SSSR count). The highest BCUT2D eigenvalue weighted by atomic mass is 32.1. The van der Waals surface area contributed by atoms with Crippen molar-refractivity contribution in [2.45, 2.75) is 86.0 Å². The summed E-state index contributed by atoms with van der Waals surface area (Å²) in [5, 5.41) is 13.6. The quantitative estimate of drug-likeness (QED) is 0.0241. The van der Waals surface area contributed by atoms with Crippen molar-refractivity contribution in [2.75, 3.05) is 43.3 Å². The summed E-state index contributed by atoms with van der Waals surface area (Å²) in [6.45, 7) is 13.0. The molecule has 0 aliphatic carbocycles. The van der Waals surface area contributed by atoms with E-state index >= 15 is 0 Å². The highest BCUT2D eigenvalue weighted by Crippen LogP contribution is 2.36. The number of rotatable bonds is 27. The highest BCUT2D eigenvalue weighted by molar-refractivity contribution is 7.13. The number of thiophene rings is 1. The van der Waals surface area contributed by atoms with Gasteiger partial charge in [-0.05, 0) is 136 Å². The van der Waals surface area contributed by atoms with Crippen LogP contribution < -0.4 is 24.9 Å². The van der Waals surface area contributed by atoms with Crippen molar-refractivity contribution in [1.82, 2.24) is 0 Å². The molecule has 0 saturated heterocycles. The smallest absolute Gasteiger partial charge is 0.494 e. The van der Waals surface area contributed by atoms with Gasteiger partial charge in [0.15, 0.2) is 0 Å². The monoisotopic (exact) mass is 885 g/mol. The Bertz CT molecular complexity index is 2140. The molecular formula is C52H63N3O6SSi. The molecule has 9 nitrogen and oxygen atoms in total. The molecule has 0 aliphatic rings. The summed E-state index contributed by atoms with van der Waals surface area (Å²) >= 11 is 1.50. The van der Waals surface area contributed by atoms with E-state index in [4.69, 9.17) is 22.8 Å². The number of anilines is 4. The van der Waals surface area contributed by atoms with Crippen LogP contribution in [0.15, 0.2) is 115 Å². The average Bonchev–Trinajstić information content (AvgIpc) is 3.76. The van der Waals surface area contributed by atoms with E-state index in [2.05, 4.69) is 84.7 Å². The van der Waals surface area contributed by atoms with Crippen LogP contribution in [0, 0.1) is 11.3 Å². The van der Waals surface area contributed by atoms with Gasteiger partial charge in [-0.15, -0.1) is 11.3 Å². The van der Waals surface area contributed by atoms with Gasteiger partial charge in [0.05, 0.1) is 13.2 Å². The SMILES string of the molecule is CCCCCCOc1ccc(N(c2ccc(/C=C/c3ccc(/C=C(\C#N)C(=O)Nc4ccc([Si](OCC)(OCC)OCC)cc4)s3)cc2)c2ccc(OCCCCCC)cc2)cc1. The molecule has 11 heteroatoms. The minimum atomic E-state index is -3.08. The van der Waals surface area contributed by atoms with Crippen LogP contribution in [-0.2, 0) is 18.1 Å². The molecule has 0 atom stereocenters. The van der Waals surface area contributed by atoms with Crippen molar-refractivity contribution < 1.29 is 27.5 Å². The van der Waals surface area contributed by atoms with Gasteiger partial charge in [-0.25, -0.2) is 0 Å². The van der Waals surface area contributed by atoms with Gasteiger partial charge in [-0.3, -0.25) is 4.79 Å². The van der Waals surface area contributed by atoms with Crippen molar-refractivity contribution in [1.29, 1.82) is 5.26 Å². The Hall–Kier alpha value is -5.48. The lowest BCUT2D eigenvalue weighted by Crippen LogP contribution is -2.56. The lowest BCUT2D eigenvalue weighted by atomic mass is 10.1. The number of hydrogen-bond acceptors (Lipinski definition) is 9. The Morgan fingerprint density at radius 3 is 1.59 bits per heavy atom. The zero-order chi connectivity index (χ0) is 44.7. The lowest BCUT2D eigenvalue weighted by Gasteiger charge is -2.28. The fraction of sp³-hybridized carbons (Fsp3) is 0.346. The molecule has 1 amide bonds. The predicted octanol–water partition coefficient (Wildman–Crippen LogP) is 13.1. The number of carbonyl (C=O) groups excluding carboxylic acids is 1. The second kappa shape index (κ2) is 26.2. The lowest BCUT2D eigenvalue weighted by molar-refractivity contribution is -0.112. The van der Waals surface area contributed by atoms with Crippen LogP contribution in [-0.4, -0.2) is 47.7 Å². The summed E-state index contributed by atoms with van der Waals surface area (Å²) < 4.78 is 30.1. The third-order valence-electron chi connectivity index (χ3n) is 10.1. The molecule has 1 aromatic heterocycles. The van der Waals surface area contributed by atoms with Crippen LogP contribution in [0.4, 0.5) is 22.7 Å². The molecule has 0 fully saturated rings. The predicted molar refractivity (Wildman–Crippen MR) is 263 cm³/mol. The molecule has 0 spiro atoms. The maximum absolute atomic E-state index is 13.2. The number of carbonyl (C=O) groups is 1. The zero-order valence-corrected chi connectivity index (χ0v) is 39.4. The van der Waals surface area contributed by atoms with E-state index in [1.165, 1.54) is 49.9 Å². The number of ether oxygens (including phenoxy) is 2. The molecule has 63 heavy (non-hydrogen) atoms. The molecule has 0 bridgehead atoms. The number of nitrogens with zero attached hydrogens (tertiary/aromatic N) is 2. The fourth-order valence-corrected chi connectivity index (χ4v) is 10.2. The minimum Gasteiger partial charge on any atom is -0.494 e. The van der Waals surface area contributed by atoms with E-state index in [0.29, 0.717) is 25.5 Å². The topological polar surface area (TPSA) is 102 Å². The molecule has 4 aromatic carbocycles. The van der Waals surface area contributed by atoms with Crippen LogP contribution in [0.5, 0.6) is 11.5 Å². The third-order valence-corrected chi connectivity index (χ3v) is 14.2. The Morgan fingerprint density at radius 1 is 0.619 bits per heavy atom. The van der Waals surface area contributed by atoms with Gasteiger partial charge < -0.3 is 33.0 Å². The van der Waals surface area contributed by atoms with Crippen molar-refractivity contribution in [3.05, 3.63) is 130 Å². The first kappa shape index (κ1) is 48.5. The molecular weight excluding hydrogens is 823 g/mol. The summed E-state index contributed by atoms with van der Waals surface area (Å²) in [7, 11) is -3.08. The van der Waals surface area contributed by atoms with Gasteiger partial charge in [0.1, 0.15) is 23.1 Å². The van der Waals surface area contributed by atoms with Crippen molar-refractivity contribution in [2.24, 2.45) is 0 Å². The van der Waals surface area contributed by atoms with Crippen molar-refractivity contribution in [3.63, 3.8) is 0 Å². The molecule has 1 heterocycles. The number of amides is 1. The highest BCUT2D eigenvalue weighted by Gasteiger charge is 2.43. The largest absolute Gasteiger partial charge is 0.537 e. The van der Waals surface area contributed by atoms with E-state index in [1.54, 1.807) is 18.2 Å². The number of hydrogen-bond donors (Lipinski definition) is 1. The average molecular weight is 886 g/mol. The normalized spacial score (nSPS) is 11.7. The van der Waals surface area contributed by atoms with Gasteiger partial charge in [0.25, 0.3) is 5.91 Å². The molecule has 0 saturated carbocycles. The van der Waals surface area contributed by atoms with Gasteiger partial charge in [0, 0.05) is 57.5 Å². The molecule has 0 aliphatic heterocycles. The summed E-state index contributed by atoms with van der Waals surface area (Å²) in [4.78, 5) is 17.2. The second-order valence-corrected chi connectivity index (χ2v) is 18.6. The Labute approximate surface area is 380 Å². The van der Waals surface area contributed by atoms with Gasteiger partial charge >= 0.3 is 8.80 Å². The van der Waals surface area contributed by atoms with E-state index in [-0.39, 0.29) is 5.57 Å². The number of nitrogens with one attached hydrogen (secondary N) is 1. The fourth-order valence-electron chi connectivity index (χ4n) is 6.91. The second-order valence-electron chi connectivity index (χ2n) is 14.9. The number of benzene rings is 4. The summed E-state index contributed by atoms with van der Waals surface area (Å²) in [6, 6.07) is 38.3. The molecule has 1 N–H and O–H groups in total. The van der Waals surface area contributed by atoms with Crippen LogP contribution in [0.1, 0.15) is 101 Å². The van der Waals surface area contributed by atoms with Crippen molar-refractivity contribution >= 4 is 72.2 Å². The number of nitriles is 1. The van der Waals surface area contributed by atoms with Crippen molar-refractivity contribution in [3.8, 4) is 17.6 Å². The molecule has 0 radical (unpaired) electrons.